The van der Waals surface area contributed by atoms with Gasteiger partial charge in [0, 0.05) is 0 Å². The highest BCUT2D eigenvalue weighted by molar-refractivity contribution is 6.06. The lowest BCUT2D eigenvalue weighted by molar-refractivity contribution is 0.0517. The standard InChI is InChI=1S/C18H19N3O3/c1-5-24-18(23)16-11(2)15(12(3)22)17-20(16)13(4)19-21(17)14-9-7-6-8-10-14/h6-10H,5H2,1-4H3. The van der Waals surface area contributed by atoms with Gasteiger partial charge in [0.1, 0.15) is 11.5 Å². The van der Waals surface area contributed by atoms with Crippen molar-refractivity contribution in [3.63, 3.8) is 0 Å². The second-order valence-electron chi connectivity index (χ2n) is 5.58. The zero-order valence-electron chi connectivity index (χ0n) is 14.2. The van der Waals surface area contributed by atoms with Crippen molar-refractivity contribution in [3.05, 3.63) is 53.0 Å². The summed E-state index contributed by atoms with van der Waals surface area (Å²) in [6, 6.07) is 9.53. The van der Waals surface area contributed by atoms with E-state index in [-0.39, 0.29) is 12.4 Å². The Balaban J connectivity index is 2.41. The fourth-order valence-corrected chi connectivity index (χ4v) is 3.04. The molecule has 124 valence electrons. The number of rotatable bonds is 4. The van der Waals surface area contributed by atoms with Gasteiger partial charge in [0.05, 0.1) is 17.9 Å². The maximum atomic E-state index is 12.4. The molecule has 0 N–H and O–H groups in total. The monoisotopic (exact) mass is 325 g/mol. The van der Waals surface area contributed by atoms with Crippen molar-refractivity contribution in [1.82, 2.24) is 14.2 Å². The van der Waals surface area contributed by atoms with Crippen molar-refractivity contribution < 1.29 is 14.3 Å². The molecule has 0 bridgehead atoms. The number of fused-ring (bicyclic) bond motifs is 1. The molecule has 24 heavy (non-hydrogen) atoms. The van der Waals surface area contributed by atoms with Crippen LogP contribution in [0.2, 0.25) is 0 Å². The number of ether oxygens (including phenoxy) is 1. The van der Waals surface area contributed by atoms with E-state index in [9.17, 15) is 9.59 Å². The number of ketones is 1. The van der Waals surface area contributed by atoms with Crippen LogP contribution in [0.15, 0.2) is 30.3 Å². The second-order valence-corrected chi connectivity index (χ2v) is 5.58. The fraction of sp³-hybridized carbons (Fsp3) is 0.278. The Morgan fingerprint density at radius 1 is 1.17 bits per heavy atom. The van der Waals surface area contributed by atoms with E-state index in [1.165, 1.54) is 6.92 Å². The first kappa shape index (κ1) is 16.0. The molecule has 0 spiro atoms. The highest BCUT2D eigenvalue weighted by atomic mass is 16.5. The normalized spacial score (nSPS) is 11.0. The Hall–Kier alpha value is -2.89. The van der Waals surface area contributed by atoms with Crippen LogP contribution in [0.4, 0.5) is 0 Å². The summed E-state index contributed by atoms with van der Waals surface area (Å²) in [6.45, 7) is 7.09. The van der Waals surface area contributed by atoms with Gasteiger partial charge in [-0.1, -0.05) is 18.2 Å². The number of nitrogens with zero attached hydrogens (tertiary/aromatic N) is 3. The van der Waals surface area contributed by atoms with Crippen molar-refractivity contribution in [1.29, 1.82) is 0 Å². The maximum Gasteiger partial charge on any atom is 0.355 e. The van der Waals surface area contributed by atoms with Crippen molar-refractivity contribution in [3.8, 4) is 5.69 Å². The summed E-state index contributed by atoms with van der Waals surface area (Å²) in [6.07, 6.45) is 0. The average Bonchev–Trinajstić information content (AvgIpc) is 3.03. The molecular weight excluding hydrogens is 306 g/mol. The topological polar surface area (TPSA) is 65.6 Å². The Bertz CT molecular complexity index is 936. The SMILES string of the molecule is CCOC(=O)c1c(C)c(C(C)=O)c2n(-c3ccccc3)nc(C)n12. The minimum absolute atomic E-state index is 0.113. The van der Waals surface area contributed by atoms with Crippen molar-refractivity contribution in [2.45, 2.75) is 27.7 Å². The van der Waals surface area contributed by atoms with E-state index < -0.39 is 5.97 Å². The minimum Gasteiger partial charge on any atom is -0.461 e. The van der Waals surface area contributed by atoms with Crippen LogP contribution in [-0.4, -0.2) is 32.5 Å². The van der Waals surface area contributed by atoms with Gasteiger partial charge in [-0.2, -0.15) is 5.10 Å². The van der Waals surface area contributed by atoms with Gasteiger partial charge in [-0.25, -0.2) is 9.48 Å². The number of hydrogen-bond acceptors (Lipinski definition) is 4. The molecule has 0 unspecified atom stereocenters. The molecule has 0 aliphatic carbocycles. The van der Waals surface area contributed by atoms with Gasteiger partial charge in [0.2, 0.25) is 0 Å². The van der Waals surface area contributed by atoms with Gasteiger partial charge in [0.25, 0.3) is 0 Å². The Morgan fingerprint density at radius 3 is 2.42 bits per heavy atom. The van der Waals surface area contributed by atoms with E-state index in [1.807, 2.05) is 30.3 Å². The Labute approximate surface area is 139 Å². The molecule has 0 saturated carbocycles. The van der Waals surface area contributed by atoms with E-state index in [0.29, 0.717) is 28.3 Å². The molecule has 3 rings (SSSR count). The number of para-hydroxylation sites is 1. The first-order valence-electron chi connectivity index (χ1n) is 7.81. The minimum atomic E-state index is -0.451. The van der Waals surface area contributed by atoms with E-state index in [2.05, 4.69) is 5.10 Å². The quantitative estimate of drug-likeness (QED) is 0.546. The number of benzene rings is 1. The van der Waals surface area contributed by atoms with Crippen molar-refractivity contribution >= 4 is 17.4 Å². The predicted octanol–water partition coefficient (Wildman–Crippen LogP) is 3.12. The van der Waals surface area contributed by atoms with Crippen molar-refractivity contribution in [2.75, 3.05) is 6.61 Å². The van der Waals surface area contributed by atoms with Gasteiger partial charge >= 0.3 is 5.97 Å². The van der Waals surface area contributed by atoms with E-state index >= 15 is 0 Å². The first-order chi connectivity index (χ1) is 11.5. The Morgan fingerprint density at radius 2 is 1.83 bits per heavy atom. The molecule has 3 aromatic rings. The smallest absolute Gasteiger partial charge is 0.355 e. The molecule has 2 heterocycles. The number of hydrogen-bond donors (Lipinski definition) is 0. The van der Waals surface area contributed by atoms with E-state index in [0.717, 1.165) is 5.69 Å². The van der Waals surface area contributed by atoms with Crippen LogP contribution in [0.5, 0.6) is 0 Å². The lowest BCUT2D eigenvalue weighted by Crippen LogP contribution is -2.10. The van der Waals surface area contributed by atoms with Gasteiger partial charge in [-0.05, 0) is 45.4 Å². The third-order valence-electron chi connectivity index (χ3n) is 3.98. The number of esters is 1. The molecule has 0 radical (unpaired) electrons. The van der Waals surface area contributed by atoms with Crippen LogP contribution in [-0.2, 0) is 4.74 Å². The largest absolute Gasteiger partial charge is 0.461 e. The summed E-state index contributed by atoms with van der Waals surface area (Å²) in [7, 11) is 0. The number of carbonyl (C=O) groups is 2. The number of aryl methyl sites for hydroxylation is 1. The molecule has 1 aromatic carbocycles. The van der Waals surface area contributed by atoms with E-state index in [4.69, 9.17) is 4.74 Å². The molecule has 0 amide bonds. The number of aromatic nitrogens is 3. The average molecular weight is 325 g/mol. The molecule has 6 heteroatoms. The zero-order chi connectivity index (χ0) is 17.4. The van der Waals surface area contributed by atoms with Gasteiger partial charge < -0.3 is 4.74 Å². The van der Waals surface area contributed by atoms with Gasteiger partial charge in [0.15, 0.2) is 11.4 Å². The van der Waals surface area contributed by atoms with Gasteiger partial charge in [-0.15, -0.1) is 0 Å². The Kier molecular flexibility index (Phi) is 3.97. The zero-order valence-corrected chi connectivity index (χ0v) is 14.2. The molecule has 6 nitrogen and oxygen atoms in total. The molecule has 2 aromatic heterocycles. The summed E-state index contributed by atoms with van der Waals surface area (Å²) < 4.78 is 8.57. The van der Waals surface area contributed by atoms with Crippen LogP contribution in [0.25, 0.3) is 11.3 Å². The van der Waals surface area contributed by atoms with Crippen LogP contribution in [0.1, 0.15) is 46.1 Å². The predicted molar refractivity (Wildman–Crippen MR) is 90.0 cm³/mol. The van der Waals surface area contributed by atoms with Crippen LogP contribution in [0, 0.1) is 13.8 Å². The third-order valence-corrected chi connectivity index (χ3v) is 3.98. The number of carbonyl (C=O) groups excluding carboxylic acids is 2. The summed E-state index contributed by atoms with van der Waals surface area (Å²) in [4.78, 5) is 24.7. The van der Waals surface area contributed by atoms with Crippen LogP contribution >= 0.6 is 0 Å². The molecule has 0 aliphatic heterocycles. The highest BCUT2D eigenvalue weighted by Crippen LogP contribution is 2.28. The molecule has 0 saturated heterocycles. The summed E-state index contributed by atoms with van der Waals surface area (Å²) in [5.41, 5.74) is 2.88. The molecular formula is C18H19N3O3. The second kappa shape index (κ2) is 5.96. The third kappa shape index (κ3) is 2.31. The van der Waals surface area contributed by atoms with Crippen LogP contribution in [0.3, 0.4) is 0 Å². The summed E-state index contributed by atoms with van der Waals surface area (Å²) in [5.74, 6) is 0.0540. The highest BCUT2D eigenvalue weighted by Gasteiger charge is 2.28. The van der Waals surface area contributed by atoms with Crippen molar-refractivity contribution in [2.24, 2.45) is 0 Å². The van der Waals surface area contributed by atoms with E-state index in [1.54, 1.807) is 29.9 Å². The molecule has 0 fully saturated rings. The lowest BCUT2D eigenvalue weighted by Gasteiger charge is -2.03. The summed E-state index contributed by atoms with van der Waals surface area (Å²) in [5, 5.41) is 4.53. The summed E-state index contributed by atoms with van der Waals surface area (Å²) >= 11 is 0. The first-order valence-corrected chi connectivity index (χ1v) is 7.81. The van der Waals surface area contributed by atoms with Gasteiger partial charge in [-0.3, -0.25) is 9.20 Å². The molecule has 0 aliphatic rings. The fourth-order valence-electron chi connectivity index (χ4n) is 3.04. The lowest BCUT2D eigenvalue weighted by atomic mass is 10.1. The number of Topliss-reactive ketones (excluding diaryl/α,β-unsaturated/α-hetero) is 1. The maximum absolute atomic E-state index is 12.4. The molecule has 0 atom stereocenters. The van der Waals surface area contributed by atoms with Crippen LogP contribution < -0.4 is 0 Å².